The molecule has 20 heavy (non-hydrogen) atoms. The molecule has 0 amide bonds. The van der Waals surface area contributed by atoms with Gasteiger partial charge in [0.2, 0.25) is 0 Å². The van der Waals surface area contributed by atoms with Gasteiger partial charge in [0.25, 0.3) is 0 Å². The summed E-state index contributed by atoms with van der Waals surface area (Å²) in [6.45, 7) is 7.48. The van der Waals surface area contributed by atoms with Crippen LogP contribution in [0.15, 0.2) is 30.5 Å². The Balaban J connectivity index is 2.09. The Morgan fingerprint density at radius 1 is 1.55 bits per heavy atom. The van der Waals surface area contributed by atoms with E-state index in [1.54, 1.807) is 18.2 Å². The van der Waals surface area contributed by atoms with Crippen LogP contribution in [0.1, 0.15) is 37.0 Å². The zero-order valence-electron chi connectivity index (χ0n) is 11.7. The van der Waals surface area contributed by atoms with E-state index in [1.807, 2.05) is 13.8 Å². The zero-order chi connectivity index (χ0) is 14.9. The Morgan fingerprint density at radius 3 is 2.75 bits per heavy atom. The molecule has 3 atom stereocenters. The molecule has 0 spiro atoms. The molecule has 0 bridgehead atoms. The molecule has 0 unspecified atom stereocenters. The number of carbonyl (C=O) groups is 1. The highest BCUT2D eigenvalue weighted by Crippen LogP contribution is 2.45. The summed E-state index contributed by atoms with van der Waals surface area (Å²) in [6, 6.07) is 5.09. The summed E-state index contributed by atoms with van der Waals surface area (Å²) in [5.74, 6) is 0.423. The van der Waals surface area contributed by atoms with Gasteiger partial charge in [0.15, 0.2) is 5.78 Å². The van der Waals surface area contributed by atoms with Crippen molar-refractivity contribution in [2.24, 2.45) is 11.8 Å². The molecule has 2 rings (SSSR count). The van der Waals surface area contributed by atoms with Crippen molar-refractivity contribution >= 4 is 17.4 Å². The quantitative estimate of drug-likeness (QED) is 0.624. The number of hydrogen-bond donors (Lipinski definition) is 1. The summed E-state index contributed by atoms with van der Waals surface area (Å²) in [5.41, 5.74) is 0.556. The molecule has 1 fully saturated rings. The molecule has 1 aliphatic carbocycles. The van der Waals surface area contributed by atoms with Gasteiger partial charge >= 0.3 is 0 Å². The third-order valence-electron chi connectivity index (χ3n) is 3.67. The fraction of sp³-hybridized carbons (Fsp3) is 0.438. The highest BCUT2D eigenvalue weighted by Gasteiger charge is 2.45. The summed E-state index contributed by atoms with van der Waals surface area (Å²) in [4.78, 5) is 12.2. The molecule has 1 aromatic rings. The fourth-order valence-electron chi connectivity index (χ4n) is 2.12. The summed E-state index contributed by atoms with van der Waals surface area (Å²) in [7, 11) is 0. The van der Waals surface area contributed by atoms with Crippen LogP contribution in [0.3, 0.4) is 0 Å². The fourth-order valence-corrected chi connectivity index (χ4v) is 2.34. The molecule has 108 valence electrons. The van der Waals surface area contributed by atoms with Crippen molar-refractivity contribution < 1.29 is 14.6 Å². The minimum atomic E-state index is -0.162. The summed E-state index contributed by atoms with van der Waals surface area (Å²) >= 11 is 6.15. The van der Waals surface area contributed by atoms with E-state index in [-0.39, 0.29) is 29.5 Å². The largest absolute Gasteiger partial charge is 0.513 e. The molecule has 0 aromatic heterocycles. The number of hydrogen-bond acceptors (Lipinski definition) is 3. The van der Waals surface area contributed by atoms with Gasteiger partial charge in [-0.05, 0) is 38.0 Å². The highest BCUT2D eigenvalue weighted by atomic mass is 35.5. The monoisotopic (exact) mass is 294 g/mol. The second-order valence-corrected chi connectivity index (χ2v) is 5.69. The number of ether oxygens (including phenoxy) is 1. The number of Topliss-reactive ketones (excluding diaryl/α,β-unsaturated/α-hetero) is 1. The second kappa shape index (κ2) is 5.88. The Kier molecular flexibility index (Phi) is 4.39. The molecule has 4 heteroatoms. The van der Waals surface area contributed by atoms with Crippen molar-refractivity contribution in [3.8, 4) is 5.75 Å². The highest BCUT2D eigenvalue weighted by molar-refractivity contribution is 6.32. The van der Waals surface area contributed by atoms with Gasteiger partial charge in [0, 0.05) is 17.4 Å². The van der Waals surface area contributed by atoms with E-state index in [0.717, 1.165) is 6.42 Å². The van der Waals surface area contributed by atoms with Gasteiger partial charge in [0.1, 0.15) is 5.75 Å². The standard InChI is InChI=1S/C16H19ClO3/c1-4-9(2)20-15-6-5-11(7-14(15)17)16(19)13-8-12(13)10(3)18/h5-7,9,12-13,18H,3-4,8H2,1-2H3/t9-,12-,13+/m1/s1. The Morgan fingerprint density at radius 2 is 2.25 bits per heavy atom. The Labute approximate surface area is 124 Å². The van der Waals surface area contributed by atoms with Gasteiger partial charge in [-0.1, -0.05) is 25.1 Å². The summed E-state index contributed by atoms with van der Waals surface area (Å²) in [6.07, 6.45) is 1.63. The minimum absolute atomic E-state index is 0.00203. The molecule has 0 heterocycles. The maximum atomic E-state index is 12.2. The third kappa shape index (κ3) is 3.15. The summed E-state index contributed by atoms with van der Waals surface area (Å²) in [5, 5.41) is 9.73. The third-order valence-corrected chi connectivity index (χ3v) is 3.97. The zero-order valence-corrected chi connectivity index (χ0v) is 12.5. The second-order valence-electron chi connectivity index (χ2n) is 5.29. The van der Waals surface area contributed by atoms with E-state index < -0.39 is 0 Å². The average Bonchev–Trinajstić information content (AvgIpc) is 3.20. The first-order valence-corrected chi connectivity index (χ1v) is 7.20. The molecular weight excluding hydrogens is 276 g/mol. The maximum absolute atomic E-state index is 12.2. The first kappa shape index (κ1) is 14.9. The smallest absolute Gasteiger partial charge is 0.166 e. The van der Waals surface area contributed by atoms with Crippen molar-refractivity contribution in [2.45, 2.75) is 32.8 Å². The SMILES string of the molecule is C=C(O)[C@H]1C[C@@H]1C(=O)c1ccc(O[C@H](C)CC)c(Cl)c1. The van der Waals surface area contributed by atoms with E-state index >= 15 is 0 Å². The van der Waals surface area contributed by atoms with Gasteiger partial charge in [0.05, 0.1) is 16.9 Å². The first-order chi connectivity index (χ1) is 9.43. The summed E-state index contributed by atoms with van der Waals surface area (Å²) < 4.78 is 5.67. The van der Waals surface area contributed by atoms with Gasteiger partial charge in [-0.3, -0.25) is 4.79 Å². The lowest BCUT2D eigenvalue weighted by Gasteiger charge is -2.14. The van der Waals surface area contributed by atoms with Crippen LogP contribution >= 0.6 is 11.6 Å². The predicted molar refractivity (Wildman–Crippen MR) is 79.5 cm³/mol. The van der Waals surface area contributed by atoms with E-state index in [4.69, 9.17) is 16.3 Å². The number of carbonyl (C=O) groups excluding carboxylic acids is 1. The van der Waals surface area contributed by atoms with Crippen LogP contribution < -0.4 is 4.74 Å². The average molecular weight is 295 g/mol. The lowest BCUT2D eigenvalue weighted by Crippen LogP contribution is -2.10. The van der Waals surface area contributed by atoms with Gasteiger partial charge in [-0.2, -0.15) is 0 Å². The number of aliphatic hydroxyl groups excluding tert-OH is 1. The molecule has 0 saturated heterocycles. The molecule has 1 aromatic carbocycles. The van der Waals surface area contributed by atoms with E-state index in [2.05, 4.69) is 6.58 Å². The predicted octanol–water partition coefficient (Wildman–Crippen LogP) is 4.41. The van der Waals surface area contributed by atoms with Crippen molar-refractivity contribution in [1.82, 2.24) is 0 Å². The number of aliphatic hydroxyl groups is 1. The first-order valence-electron chi connectivity index (χ1n) is 6.82. The van der Waals surface area contributed by atoms with E-state index in [9.17, 15) is 9.90 Å². The number of ketones is 1. The molecule has 1 N–H and O–H groups in total. The van der Waals surface area contributed by atoms with Gasteiger partial charge in [-0.25, -0.2) is 0 Å². The van der Waals surface area contributed by atoms with Crippen LogP contribution in [0.5, 0.6) is 5.75 Å². The van der Waals surface area contributed by atoms with Gasteiger partial charge in [-0.15, -0.1) is 0 Å². The van der Waals surface area contributed by atoms with Crippen molar-refractivity contribution in [2.75, 3.05) is 0 Å². The van der Waals surface area contributed by atoms with Crippen molar-refractivity contribution in [3.05, 3.63) is 41.1 Å². The molecule has 0 radical (unpaired) electrons. The Bertz CT molecular complexity index is 539. The van der Waals surface area contributed by atoms with E-state index in [0.29, 0.717) is 22.8 Å². The van der Waals surface area contributed by atoms with Gasteiger partial charge < -0.3 is 9.84 Å². The Hall–Kier alpha value is -1.48. The topological polar surface area (TPSA) is 46.5 Å². The molecule has 1 aliphatic rings. The number of benzene rings is 1. The van der Waals surface area contributed by atoms with Crippen molar-refractivity contribution in [1.29, 1.82) is 0 Å². The number of halogens is 1. The lowest BCUT2D eigenvalue weighted by atomic mass is 10.1. The molecule has 3 nitrogen and oxygen atoms in total. The molecular formula is C16H19ClO3. The lowest BCUT2D eigenvalue weighted by molar-refractivity contribution is 0.0960. The van der Waals surface area contributed by atoms with Crippen molar-refractivity contribution in [3.63, 3.8) is 0 Å². The number of rotatable bonds is 6. The molecule has 0 aliphatic heterocycles. The van der Waals surface area contributed by atoms with Crippen LogP contribution in [0.4, 0.5) is 0 Å². The normalized spacial score (nSPS) is 22.1. The van der Waals surface area contributed by atoms with Crippen LogP contribution in [-0.4, -0.2) is 17.0 Å². The van der Waals surface area contributed by atoms with Crippen LogP contribution in [0, 0.1) is 11.8 Å². The van der Waals surface area contributed by atoms with E-state index in [1.165, 1.54) is 0 Å². The van der Waals surface area contributed by atoms with Crippen LogP contribution in [-0.2, 0) is 0 Å². The number of allylic oxidation sites excluding steroid dienone is 1. The minimum Gasteiger partial charge on any atom is -0.513 e. The molecule has 1 saturated carbocycles. The maximum Gasteiger partial charge on any atom is 0.166 e. The van der Waals surface area contributed by atoms with Crippen LogP contribution in [0.2, 0.25) is 5.02 Å². The van der Waals surface area contributed by atoms with Crippen LogP contribution in [0.25, 0.3) is 0 Å².